The molecule has 0 bridgehead atoms. The van der Waals surface area contributed by atoms with Crippen LogP contribution in [-0.2, 0) is 17.7 Å². The Morgan fingerprint density at radius 3 is 3.04 bits per heavy atom. The number of H-pyrrole nitrogens is 1. The van der Waals surface area contributed by atoms with Gasteiger partial charge in [0.25, 0.3) is 0 Å². The van der Waals surface area contributed by atoms with Crippen molar-refractivity contribution in [3.05, 3.63) is 41.0 Å². The summed E-state index contributed by atoms with van der Waals surface area (Å²) < 4.78 is 11.3. The SMILES string of the molecule is CCc1nc([C@H]2CN(Cc3cc(C)ccc3OC)CCO2)n[nH]1. The molecule has 23 heavy (non-hydrogen) atoms. The first-order valence-corrected chi connectivity index (χ1v) is 8.08. The number of nitrogens with zero attached hydrogens (tertiary/aromatic N) is 3. The van der Waals surface area contributed by atoms with Gasteiger partial charge in [0, 0.05) is 31.6 Å². The minimum absolute atomic E-state index is 0.0731. The molecule has 0 unspecified atom stereocenters. The van der Waals surface area contributed by atoms with Gasteiger partial charge in [0.15, 0.2) is 5.82 Å². The molecule has 0 aliphatic carbocycles. The van der Waals surface area contributed by atoms with Crippen LogP contribution in [0, 0.1) is 6.92 Å². The average Bonchev–Trinajstić information content (AvgIpc) is 3.04. The Balaban J connectivity index is 1.70. The van der Waals surface area contributed by atoms with Gasteiger partial charge >= 0.3 is 0 Å². The molecule has 1 aromatic carbocycles. The van der Waals surface area contributed by atoms with E-state index in [1.54, 1.807) is 7.11 Å². The minimum atomic E-state index is -0.0731. The van der Waals surface area contributed by atoms with E-state index in [-0.39, 0.29) is 6.10 Å². The number of aromatic amines is 1. The second-order valence-electron chi connectivity index (χ2n) is 5.90. The van der Waals surface area contributed by atoms with Crippen LogP contribution in [0.1, 0.15) is 35.8 Å². The van der Waals surface area contributed by atoms with Gasteiger partial charge in [-0.05, 0) is 13.0 Å². The highest BCUT2D eigenvalue weighted by Crippen LogP contribution is 2.25. The van der Waals surface area contributed by atoms with E-state index in [1.807, 2.05) is 6.07 Å². The van der Waals surface area contributed by atoms with Crippen molar-refractivity contribution < 1.29 is 9.47 Å². The third-order valence-electron chi connectivity index (χ3n) is 4.15. The lowest BCUT2D eigenvalue weighted by molar-refractivity contribution is -0.0372. The lowest BCUT2D eigenvalue weighted by atomic mass is 10.1. The van der Waals surface area contributed by atoms with Gasteiger partial charge in [0.1, 0.15) is 17.7 Å². The van der Waals surface area contributed by atoms with Crippen LogP contribution in [0.15, 0.2) is 18.2 Å². The zero-order valence-corrected chi connectivity index (χ0v) is 14.0. The van der Waals surface area contributed by atoms with Gasteiger partial charge in [-0.3, -0.25) is 10.00 Å². The first-order chi connectivity index (χ1) is 11.2. The summed E-state index contributed by atoms with van der Waals surface area (Å²) in [6, 6.07) is 6.29. The Morgan fingerprint density at radius 1 is 1.43 bits per heavy atom. The third-order valence-corrected chi connectivity index (χ3v) is 4.15. The summed E-state index contributed by atoms with van der Waals surface area (Å²) in [7, 11) is 1.72. The Labute approximate surface area is 136 Å². The molecule has 1 aromatic heterocycles. The van der Waals surface area contributed by atoms with E-state index in [1.165, 1.54) is 11.1 Å². The molecule has 6 nitrogen and oxygen atoms in total. The summed E-state index contributed by atoms with van der Waals surface area (Å²) in [5.41, 5.74) is 2.45. The number of morpholine rings is 1. The number of aryl methyl sites for hydroxylation is 2. The van der Waals surface area contributed by atoms with Crippen LogP contribution in [-0.4, -0.2) is 46.9 Å². The van der Waals surface area contributed by atoms with Gasteiger partial charge in [0.05, 0.1) is 13.7 Å². The fraction of sp³-hybridized carbons (Fsp3) is 0.529. The van der Waals surface area contributed by atoms with Crippen molar-refractivity contribution in [2.75, 3.05) is 26.8 Å². The average molecular weight is 316 g/mol. The van der Waals surface area contributed by atoms with Crippen molar-refractivity contribution in [3.63, 3.8) is 0 Å². The van der Waals surface area contributed by atoms with Gasteiger partial charge in [-0.25, -0.2) is 4.98 Å². The van der Waals surface area contributed by atoms with Gasteiger partial charge in [-0.1, -0.05) is 24.6 Å². The van der Waals surface area contributed by atoms with Crippen molar-refractivity contribution in [2.45, 2.75) is 32.9 Å². The second-order valence-corrected chi connectivity index (χ2v) is 5.90. The van der Waals surface area contributed by atoms with E-state index in [0.717, 1.165) is 43.5 Å². The van der Waals surface area contributed by atoms with E-state index in [9.17, 15) is 0 Å². The highest BCUT2D eigenvalue weighted by molar-refractivity contribution is 5.36. The Kier molecular flexibility index (Phi) is 4.93. The molecule has 6 heteroatoms. The molecule has 1 fully saturated rings. The lowest BCUT2D eigenvalue weighted by Crippen LogP contribution is -2.38. The van der Waals surface area contributed by atoms with Crippen LogP contribution in [0.5, 0.6) is 5.75 Å². The van der Waals surface area contributed by atoms with E-state index < -0.39 is 0 Å². The summed E-state index contributed by atoms with van der Waals surface area (Å²) in [5.74, 6) is 2.59. The normalized spacial score (nSPS) is 19.0. The van der Waals surface area contributed by atoms with E-state index in [2.05, 4.69) is 46.1 Å². The number of nitrogens with one attached hydrogen (secondary N) is 1. The zero-order chi connectivity index (χ0) is 16.2. The minimum Gasteiger partial charge on any atom is -0.496 e. The Hall–Kier alpha value is -1.92. The largest absolute Gasteiger partial charge is 0.496 e. The van der Waals surface area contributed by atoms with E-state index in [4.69, 9.17) is 9.47 Å². The van der Waals surface area contributed by atoms with Crippen LogP contribution in [0.2, 0.25) is 0 Å². The van der Waals surface area contributed by atoms with Crippen molar-refractivity contribution >= 4 is 0 Å². The Morgan fingerprint density at radius 2 is 2.30 bits per heavy atom. The molecule has 1 atom stereocenters. The molecule has 0 radical (unpaired) electrons. The summed E-state index contributed by atoms with van der Waals surface area (Å²) in [4.78, 5) is 6.87. The first-order valence-electron chi connectivity index (χ1n) is 8.08. The predicted molar refractivity (Wildman–Crippen MR) is 87.5 cm³/mol. The van der Waals surface area contributed by atoms with Crippen molar-refractivity contribution in [3.8, 4) is 5.75 Å². The molecule has 1 N–H and O–H groups in total. The number of aromatic nitrogens is 3. The molecule has 2 aromatic rings. The molecule has 124 valence electrons. The molecule has 3 rings (SSSR count). The number of hydrogen-bond donors (Lipinski definition) is 1. The summed E-state index contributed by atoms with van der Waals surface area (Å²) in [6.07, 6.45) is 0.778. The van der Waals surface area contributed by atoms with Crippen molar-refractivity contribution in [2.24, 2.45) is 0 Å². The van der Waals surface area contributed by atoms with E-state index >= 15 is 0 Å². The molecule has 1 saturated heterocycles. The molecule has 1 aliphatic rings. The maximum Gasteiger partial charge on any atom is 0.180 e. The molecular weight excluding hydrogens is 292 g/mol. The van der Waals surface area contributed by atoms with Crippen LogP contribution < -0.4 is 4.74 Å². The topological polar surface area (TPSA) is 63.3 Å². The van der Waals surface area contributed by atoms with Gasteiger partial charge in [-0.15, -0.1) is 0 Å². The molecular formula is C17H24N4O2. The van der Waals surface area contributed by atoms with Crippen LogP contribution >= 0.6 is 0 Å². The standard InChI is InChI=1S/C17H24N4O2/c1-4-16-18-17(20-19-16)15-11-21(7-8-23-15)10-13-9-12(2)5-6-14(13)22-3/h5-6,9,15H,4,7-8,10-11H2,1-3H3,(H,18,19,20)/t15-/m1/s1. The van der Waals surface area contributed by atoms with Gasteiger partial charge in [0.2, 0.25) is 0 Å². The molecule has 0 spiro atoms. The fourth-order valence-electron chi connectivity index (χ4n) is 2.89. The Bertz CT molecular complexity index is 656. The molecule has 2 heterocycles. The summed E-state index contributed by atoms with van der Waals surface area (Å²) in [6.45, 7) is 7.38. The number of ether oxygens (including phenoxy) is 2. The zero-order valence-electron chi connectivity index (χ0n) is 14.0. The number of benzene rings is 1. The number of rotatable bonds is 5. The second kappa shape index (κ2) is 7.10. The quantitative estimate of drug-likeness (QED) is 0.917. The van der Waals surface area contributed by atoms with E-state index in [0.29, 0.717) is 6.61 Å². The van der Waals surface area contributed by atoms with Gasteiger partial charge < -0.3 is 9.47 Å². The maximum atomic E-state index is 5.85. The highest BCUT2D eigenvalue weighted by atomic mass is 16.5. The monoisotopic (exact) mass is 316 g/mol. The van der Waals surface area contributed by atoms with Crippen molar-refractivity contribution in [1.29, 1.82) is 0 Å². The smallest absolute Gasteiger partial charge is 0.180 e. The molecule has 0 amide bonds. The fourth-order valence-corrected chi connectivity index (χ4v) is 2.89. The van der Waals surface area contributed by atoms with Crippen LogP contribution in [0.3, 0.4) is 0 Å². The van der Waals surface area contributed by atoms with Crippen molar-refractivity contribution in [1.82, 2.24) is 20.1 Å². The maximum absolute atomic E-state index is 5.85. The third kappa shape index (κ3) is 3.71. The number of methoxy groups -OCH3 is 1. The first kappa shape index (κ1) is 16.0. The van der Waals surface area contributed by atoms with Crippen LogP contribution in [0.25, 0.3) is 0 Å². The van der Waals surface area contributed by atoms with Gasteiger partial charge in [-0.2, -0.15) is 5.10 Å². The highest BCUT2D eigenvalue weighted by Gasteiger charge is 2.25. The molecule has 1 aliphatic heterocycles. The summed E-state index contributed by atoms with van der Waals surface area (Å²) in [5, 5.41) is 7.25. The summed E-state index contributed by atoms with van der Waals surface area (Å²) >= 11 is 0. The lowest BCUT2D eigenvalue weighted by Gasteiger charge is -2.32. The predicted octanol–water partition coefficient (Wildman–Crippen LogP) is 2.26. The molecule has 0 saturated carbocycles. The number of hydrogen-bond acceptors (Lipinski definition) is 5. The van der Waals surface area contributed by atoms with Crippen LogP contribution in [0.4, 0.5) is 0 Å².